The minimum atomic E-state index is -0.0702. The van der Waals surface area contributed by atoms with E-state index in [2.05, 4.69) is 19.2 Å². The van der Waals surface area contributed by atoms with E-state index in [1.807, 2.05) is 12.1 Å². The molecule has 1 aromatic rings. The molecule has 0 amide bonds. The van der Waals surface area contributed by atoms with Crippen molar-refractivity contribution in [3.63, 3.8) is 0 Å². The molecule has 1 fully saturated rings. The number of hydrogen-bond donors (Lipinski definition) is 2. The molecule has 0 heterocycles. The zero-order valence-corrected chi connectivity index (χ0v) is 12.5. The molecule has 20 heavy (non-hydrogen) atoms. The summed E-state index contributed by atoms with van der Waals surface area (Å²) in [4.78, 5) is 0. The average Bonchev–Trinajstić information content (AvgIpc) is 2.36. The lowest BCUT2D eigenvalue weighted by molar-refractivity contribution is 0.209. The van der Waals surface area contributed by atoms with Crippen molar-refractivity contribution in [1.82, 2.24) is 5.32 Å². The monoisotopic (exact) mass is 279 g/mol. The molecule has 112 valence electrons. The van der Waals surface area contributed by atoms with E-state index in [1.165, 1.54) is 0 Å². The minimum Gasteiger partial charge on any atom is -0.396 e. The van der Waals surface area contributed by atoms with Crippen molar-refractivity contribution in [1.29, 1.82) is 0 Å². The van der Waals surface area contributed by atoms with Gasteiger partial charge in [0.2, 0.25) is 0 Å². The van der Waals surface area contributed by atoms with E-state index in [9.17, 15) is 4.39 Å². The lowest BCUT2D eigenvalue weighted by Gasteiger charge is -2.38. The van der Waals surface area contributed by atoms with Gasteiger partial charge in [-0.3, -0.25) is 0 Å². The highest BCUT2D eigenvalue weighted by atomic mass is 19.1. The molecule has 0 aromatic heterocycles. The van der Waals surface area contributed by atoms with Crippen LogP contribution in [0.25, 0.3) is 0 Å². The van der Waals surface area contributed by atoms with Crippen molar-refractivity contribution in [3.8, 4) is 0 Å². The fraction of sp³-hybridized carbons (Fsp3) is 0.647. The molecule has 2 rings (SSSR count). The topological polar surface area (TPSA) is 32.3 Å². The molecule has 0 spiro atoms. The van der Waals surface area contributed by atoms with Gasteiger partial charge < -0.3 is 10.4 Å². The summed E-state index contributed by atoms with van der Waals surface area (Å²) in [7, 11) is 0. The largest absolute Gasteiger partial charge is 0.396 e. The van der Waals surface area contributed by atoms with Crippen LogP contribution >= 0.6 is 0 Å². The maximum Gasteiger partial charge on any atom is 0.126 e. The second-order valence-electron chi connectivity index (χ2n) is 6.76. The summed E-state index contributed by atoms with van der Waals surface area (Å²) in [6, 6.07) is 7.62. The van der Waals surface area contributed by atoms with E-state index in [1.54, 1.807) is 12.1 Å². The van der Waals surface area contributed by atoms with Crippen LogP contribution in [0.5, 0.6) is 0 Å². The third-order valence-corrected chi connectivity index (χ3v) is 4.36. The highest BCUT2D eigenvalue weighted by molar-refractivity contribution is 5.24. The van der Waals surface area contributed by atoms with E-state index in [0.717, 1.165) is 37.8 Å². The summed E-state index contributed by atoms with van der Waals surface area (Å²) in [6.45, 7) is 5.68. The van der Waals surface area contributed by atoms with Gasteiger partial charge in [0, 0.05) is 19.2 Å². The van der Waals surface area contributed by atoms with Crippen LogP contribution in [0.2, 0.25) is 0 Å². The van der Waals surface area contributed by atoms with Crippen molar-refractivity contribution < 1.29 is 9.50 Å². The molecule has 1 aliphatic rings. The van der Waals surface area contributed by atoms with Crippen LogP contribution in [0.15, 0.2) is 24.3 Å². The number of nitrogens with one attached hydrogen (secondary N) is 1. The van der Waals surface area contributed by atoms with E-state index < -0.39 is 0 Å². The fourth-order valence-corrected chi connectivity index (χ4v) is 2.91. The Hall–Kier alpha value is -0.930. The highest BCUT2D eigenvalue weighted by Gasteiger charge is 2.32. The van der Waals surface area contributed by atoms with Crippen LogP contribution < -0.4 is 5.32 Å². The molecule has 0 aliphatic heterocycles. The Labute approximate surface area is 121 Å². The first kappa shape index (κ1) is 15.5. The fourth-order valence-electron chi connectivity index (χ4n) is 2.91. The molecule has 0 saturated heterocycles. The molecular weight excluding hydrogens is 253 g/mol. The summed E-state index contributed by atoms with van der Waals surface area (Å²) in [5, 5.41) is 12.5. The highest BCUT2D eigenvalue weighted by Crippen LogP contribution is 2.38. The molecule has 1 aliphatic carbocycles. The Kier molecular flexibility index (Phi) is 5.17. The molecule has 2 nitrogen and oxygen atoms in total. The molecule has 0 unspecified atom stereocenters. The van der Waals surface area contributed by atoms with Crippen LogP contribution in [0.3, 0.4) is 0 Å². The third kappa shape index (κ3) is 4.03. The lowest BCUT2D eigenvalue weighted by atomic mass is 9.75. The summed E-state index contributed by atoms with van der Waals surface area (Å²) < 4.78 is 13.7. The summed E-state index contributed by atoms with van der Waals surface area (Å²) in [5.74, 6) is 0.300. The number of hydrogen-bond acceptors (Lipinski definition) is 2. The second kappa shape index (κ2) is 6.68. The first-order valence-electron chi connectivity index (χ1n) is 7.60. The van der Waals surface area contributed by atoms with Gasteiger partial charge in [-0.25, -0.2) is 4.39 Å². The maximum absolute atomic E-state index is 13.7. The maximum atomic E-state index is 13.7. The summed E-state index contributed by atoms with van der Waals surface area (Å²) in [6.07, 6.45) is 3.94. The van der Waals surface area contributed by atoms with Crippen LogP contribution in [0, 0.1) is 11.2 Å². The van der Waals surface area contributed by atoms with E-state index in [-0.39, 0.29) is 17.8 Å². The molecule has 0 bridgehead atoms. The second-order valence-corrected chi connectivity index (χ2v) is 6.76. The zero-order chi connectivity index (χ0) is 14.6. The molecule has 3 heteroatoms. The molecule has 2 N–H and O–H groups in total. The van der Waals surface area contributed by atoms with Gasteiger partial charge in [0.1, 0.15) is 5.82 Å². The Bertz CT molecular complexity index is 427. The first-order chi connectivity index (χ1) is 9.52. The number of halogens is 1. The van der Waals surface area contributed by atoms with Gasteiger partial charge in [0.25, 0.3) is 0 Å². The smallest absolute Gasteiger partial charge is 0.126 e. The van der Waals surface area contributed by atoms with Gasteiger partial charge in [-0.15, -0.1) is 0 Å². The van der Waals surface area contributed by atoms with E-state index in [0.29, 0.717) is 12.0 Å². The van der Waals surface area contributed by atoms with E-state index >= 15 is 0 Å². The van der Waals surface area contributed by atoms with Crippen LogP contribution in [0.1, 0.15) is 51.0 Å². The van der Waals surface area contributed by atoms with Crippen molar-refractivity contribution in [2.75, 3.05) is 13.2 Å². The number of aliphatic hydroxyl groups is 1. The first-order valence-corrected chi connectivity index (χ1v) is 7.60. The lowest BCUT2D eigenvalue weighted by Crippen LogP contribution is -2.44. The Morgan fingerprint density at radius 3 is 2.65 bits per heavy atom. The van der Waals surface area contributed by atoms with Gasteiger partial charge in [-0.05, 0) is 48.6 Å². The van der Waals surface area contributed by atoms with Crippen molar-refractivity contribution in [2.24, 2.45) is 5.41 Å². The Morgan fingerprint density at radius 1 is 1.30 bits per heavy atom. The standard InChI is InChI=1S/C17H26FNO/c1-17(2,8-5-9-20)12-19-14-10-13(11-14)15-6-3-4-7-16(15)18/h3-4,6-7,13-14,19-20H,5,8-12H2,1-2H3. The molecule has 0 radical (unpaired) electrons. The van der Waals surface area contributed by atoms with Gasteiger partial charge in [0.05, 0.1) is 0 Å². The van der Waals surface area contributed by atoms with Crippen LogP contribution in [-0.2, 0) is 0 Å². The van der Waals surface area contributed by atoms with Gasteiger partial charge in [-0.1, -0.05) is 32.0 Å². The molecular formula is C17H26FNO. The third-order valence-electron chi connectivity index (χ3n) is 4.36. The Morgan fingerprint density at radius 2 is 2.00 bits per heavy atom. The minimum absolute atomic E-state index is 0.0702. The molecule has 1 saturated carbocycles. The normalized spacial score (nSPS) is 22.6. The Balaban J connectivity index is 1.73. The summed E-state index contributed by atoms with van der Waals surface area (Å²) >= 11 is 0. The van der Waals surface area contributed by atoms with Gasteiger partial charge >= 0.3 is 0 Å². The predicted molar refractivity (Wildman–Crippen MR) is 80.3 cm³/mol. The van der Waals surface area contributed by atoms with Crippen molar-refractivity contribution in [3.05, 3.63) is 35.6 Å². The van der Waals surface area contributed by atoms with E-state index in [4.69, 9.17) is 5.11 Å². The van der Waals surface area contributed by atoms with Gasteiger partial charge in [0.15, 0.2) is 0 Å². The quantitative estimate of drug-likeness (QED) is 0.801. The SMILES string of the molecule is CC(C)(CCCO)CNC1CC(c2ccccc2F)C1. The molecule has 1 aromatic carbocycles. The molecule has 0 atom stereocenters. The van der Waals surface area contributed by atoms with Crippen molar-refractivity contribution in [2.45, 2.75) is 51.5 Å². The van der Waals surface area contributed by atoms with Crippen LogP contribution in [-0.4, -0.2) is 24.3 Å². The number of rotatable bonds is 7. The van der Waals surface area contributed by atoms with Crippen LogP contribution in [0.4, 0.5) is 4.39 Å². The predicted octanol–water partition coefficient (Wildman–Crippen LogP) is 3.46. The van der Waals surface area contributed by atoms with Gasteiger partial charge in [-0.2, -0.15) is 0 Å². The zero-order valence-electron chi connectivity index (χ0n) is 12.5. The average molecular weight is 279 g/mol. The van der Waals surface area contributed by atoms with Crippen molar-refractivity contribution >= 4 is 0 Å². The summed E-state index contributed by atoms with van der Waals surface area (Å²) in [5.41, 5.74) is 1.08. The number of benzene rings is 1. The number of aliphatic hydroxyl groups excluding tert-OH is 1.